The molecule has 5 aliphatic rings. The molecule has 3 fully saturated rings. The van der Waals surface area contributed by atoms with Crippen molar-refractivity contribution in [2.45, 2.75) is 106 Å². The van der Waals surface area contributed by atoms with Gasteiger partial charge in [-0.15, -0.1) is 0 Å². The molecule has 0 saturated heterocycles. The number of aliphatic hydroxyl groups is 1. The van der Waals surface area contributed by atoms with Crippen molar-refractivity contribution in [3.8, 4) is 0 Å². The Morgan fingerprint density at radius 3 is 2.32 bits per heavy atom. The molecule has 0 spiro atoms. The average molecular weight is 559 g/mol. The van der Waals surface area contributed by atoms with Crippen LogP contribution in [0.5, 0.6) is 0 Å². The van der Waals surface area contributed by atoms with E-state index in [-0.39, 0.29) is 51.0 Å². The summed E-state index contributed by atoms with van der Waals surface area (Å²) in [4.78, 5) is 27.2. The molecule has 0 unspecified atom stereocenters. The Morgan fingerprint density at radius 2 is 1.61 bits per heavy atom. The van der Waals surface area contributed by atoms with Gasteiger partial charge in [-0.05, 0) is 102 Å². The first-order valence-electron chi connectivity index (χ1n) is 16.0. The SMILES string of the molecule is CC1(C)CC[C@]2(C(=O)OCc3ccccc3)CC[C@]3(C)C(=CC[C@@H]4[C@@]5(C)C=C(O)C(=O)C(C)(C)[C@@H]5CC[C@]43C)[C@@H]2C1. The monoisotopic (exact) mass is 558 g/mol. The Hall–Kier alpha value is -2.36. The fourth-order valence-electron chi connectivity index (χ4n) is 11.0. The molecule has 0 radical (unpaired) electrons. The number of carbonyl (C=O) groups excluding carboxylic acids is 2. The number of ether oxygens (including phenoxy) is 1. The van der Waals surface area contributed by atoms with E-state index >= 15 is 0 Å². The molecule has 0 aliphatic heterocycles. The Kier molecular flexibility index (Phi) is 6.36. The van der Waals surface area contributed by atoms with Crippen LogP contribution in [-0.2, 0) is 20.9 Å². The van der Waals surface area contributed by atoms with Crippen molar-refractivity contribution >= 4 is 11.8 Å². The van der Waals surface area contributed by atoms with E-state index in [1.165, 1.54) is 5.57 Å². The predicted molar refractivity (Wildman–Crippen MR) is 162 cm³/mol. The Bertz CT molecular complexity index is 1320. The minimum Gasteiger partial charge on any atom is -0.505 e. The quantitative estimate of drug-likeness (QED) is 0.297. The summed E-state index contributed by atoms with van der Waals surface area (Å²) < 4.78 is 6.14. The number of rotatable bonds is 3. The molecule has 3 saturated carbocycles. The van der Waals surface area contributed by atoms with Crippen molar-refractivity contribution in [1.29, 1.82) is 0 Å². The van der Waals surface area contributed by atoms with Crippen LogP contribution in [0.1, 0.15) is 105 Å². The zero-order chi connectivity index (χ0) is 29.6. The van der Waals surface area contributed by atoms with Crippen LogP contribution in [0.25, 0.3) is 0 Å². The predicted octanol–water partition coefficient (Wildman–Crippen LogP) is 8.76. The maximum Gasteiger partial charge on any atom is 0.313 e. The summed E-state index contributed by atoms with van der Waals surface area (Å²) in [5.41, 5.74) is 1.39. The van der Waals surface area contributed by atoms with Gasteiger partial charge in [-0.1, -0.05) is 90.4 Å². The maximum atomic E-state index is 14.1. The fraction of sp³-hybridized carbons (Fsp3) is 0.676. The van der Waals surface area contributed by atoms with E-state index in [1.807, 2.05) is 50.3 Å². The Morgan fingerprint density at radius 1 is 0.927 bits per heavy atom. The summed E-state index contributed by atoms with van der Waals surface area (Å²) in [7, 11) is 0. The van der Waals surface area contributed by atoms with E-state index in [0.29, 0.717) is 12.5 Å². The van der Waals surface area contributed by atoms with Crippen LogP contribution in [0.15, 0.2) is 53.8 Å². The third kappa shape index (κ3) is 3.91. The van der Waals surface area contributed by atoms with Gasteiger partial charge in [0.15, 0.2) is 5.76 Å². The molecule has 0 bridgehead atoms. The molecule has 0 amide bonds. The average Bonchev–Trinajstić information content (AvgIpc) is 2.91. The largest absolute Gasteiger partial charge is 0.505 e. The third-order valence-corrected chi connectivity index (χ3v) is 13.6. The van der Waals surface area contributed by atoms with Gasteiger partial charge in [-0.2, -0.15) is 0 Å². The normalized spacial score (nSPS) is 42.4. The molecule has 4 nitrogen and oxygen atoms in total. The Labute approximate surface area is 247 Å². The van der Waals surface area contributed by atoms with Gasteiger partial charge in [0.1, 0.15) is 6.61 Å². The molecule has 4 heteroatoms. The number of benzene rings is 1. The standard InChI is InChI=1S/C37H50O4/c1-32(2)17-19-37(31(40)41-23-24-11-9-8-10-12-24)20-18-35(6)25(26(37)21-32)13-14-29-34(5)22-27(38)30(39)33(3,4)28(34)15-16-36(29,35)7/h8-13,22,26,28-29,38H,14-21,23H2,1-7H3/t26-,28-,29+,34-,35+,36+,37-/m0/s1. The number of ketones is 1. The van der Waals surface area contributed by atoms with Gasteiger partial charge in [-0.3, -0.25) is 9.59 Å². The molecule has 0 heterocycles. The minimum atomic E-state index is -0.572. The first-order chi connectivity index (χ1) is 19.1. The van der Waals surface area contributed by atoms with E-state index in [4.69, 9.17) is 4.74 Å². The van der Waals surface area contributed by atoms with Crippen LogP contribution in [0.3, 0.4) is 0 Å². The second kappa shape index (κ2) is 9.07. The lowest BCUT2D eigenvalue weighted by molar-refractivity contribution is -0.181. The van der Waals surface area contributed by atoms with Crippen molar-refractivity contribution in [3.63, 3.8) is 0 Å². The molecule has 5 aliphatic carbocycles. The zero-order valence-corrected chi connectivity index (χ0v) is 26.3. The molecule has 6 rings (SSSR count). The van der Waals surface area contributed by atoms with Crippen LogP contribution in [0.4, 0.5) is 0 Å². The van der Waals surface area contributed by atoms with Gasteiger partial charge in [0.2, 0.25) is 5.78 Å². The maximum absolute atomic E-state index is 14.1. The molecule has 41 heavy (non-hydrogen) atoms. The molecular formula is C37H50O4. The zero-order valence-electron chi connectivity index (χ0n) is 26.3. The highest BCUT2D eigenvalue weighted by Crippen LogP contribution is 2.75. The van der Waals surface area contributed by atoms with Gasteiger partial charge < -0.3 is 9.84 Å². The van der Waals surface area contributed by atoms with Crippen molar-refractivity contribution in [2.24, 2.45) is 50.2 Å². The topological polar surface area (TPSA) is 63.6 Å². The first-order valence-corrected chi connectivity index (χ1v) is 16.0. The summed E-state index contributed by atoms with van der Waals surface area (Å²) in [6.07, 6.45) is 12.2. The number of hydrogen-bond donors (Lipinski definition) is 1. The van der Waals surface area contributed by atoms with Gasteiger partial charge in [-0.25, -0.2) is 0 Å². The number of carbonyl (C=O) groups is 2. The molecule has 7 atom stereocenters. The lowest BCUT2D eigenvalue weighted by Crippen LogP contribution is -2.64. The van der Waals surface area contributed by atoms with Gasteiger partial charge in [0, 0.05) is 5.41 Å². The van der Waals surface area contributed by atoms with E-state index in [0.717, 1.165) is 56.9 Å². The highest BCUT2D eigenvalue weighted by molar-refractivity contribution is 5.98. The van der Waals surface area contributed by atoms with Crippen LogP contribution >= 0.6 is 0 Å². The van der Waals surface area contributed by atoms with Crippen LogP contribution in [0.2, 0.25) is 0 Å². The van der Waals surface area contributed by atoms with E-state index in [2.05, 4.69) is 40.7 Å². The second-order valence-electron chi connectivity index (χ2n) is 16.4. The molecule has 1 N–H and O–H groups in total. The number of aliphatic hydroxyl groups excluding tert-OH is 1. The van der Waals surface area contributed by atoms with E-state index in [1.54, 1.807) is 0 Å². The lowest BCUT2D eigenvalue weighted by atomic mass is 9.34. The van der Waals surface area contributed by atoms with Gasteiger partial charge >= 0.3 is 5.97 Å². The summed E-state index contributed by atoms with van der Waals surface area (Å²) in [6, 6.07) is 10.0. The third-order valence-electron chi connectivity index (χ3n) is 13.6. The van der Waals surface area contributed by atoms with Crippen molar-refractivity contribution in [2.75, 3.05) is 0 Å². The summed E-state index contributed by atoms with van der Waals surface area (Å²) in [5.74, 6) is 0.557. The molecule has 1 aromatic rings. The minimum absolute atomic E-state index is 0.00634. The first kappa shape index (κ1) is 28.7. The van der Waals surface area contributed by atoms with Crippen molar-refractivity contribution in [3.05, 3.63) is 59.4 Å². The van der Waals surface area contributed by atoms with E-state index in [9.17, 15) is 14.7 Å². The number of esters is 1. The van der Waals surface area contributed by atoms with E-state index < -0.39 is 10.8 Å². The van der Waals surface area contributed by atoms with Crippen molar-refractivity contribution < 1.29 is 19.4 Å². The highest BCUT2D eigenvalue weighted by Gasteiger charge is 2.69. The van der Waals surface area contributed by atoms with Gasteiger partial charge in [0.25, 0.3) is 0 Å². The summed E-state index contributed by atoms with van der Waals surface area (Å²) in [5, 5.41) is 10.9. The summed E-state index contributed by atoms with van der Waals surface area (Å²) in [6.45, 7) is 16.4. The molecule has 1 aromatic carbocycles. The number of hydrogen-bond acceptors (Lipinski definition) is 4. The van der Waals surface area contributed by atoms with Crippen LogP contribution in [0, 0.1) is 50.2 Å². The molecule has 222 valence electrons. The highest BCUT2D eigenvalue weighted by atomic mass is 16.5. The Balaban J connectivity index is 1.39. The lowest BCUT2D eigenvalue weighted by Gasteiger charge is -2.69. The fourth-order valence-corrected chi connectivity index (χ4v) is 11.0. The van der Waals surface area contributed by atoms with Gasteiger partial charge in [0.05, 0.1) is 5.41 Å². The molecule has 0 aromatic heterocycles. The number of fused-ring (bicyclic) bond motifs is 7. The summed E-state index contributed by atoms with van der Waals surface area (Å²) >= 11 is 0. The molecular weight excluding hydrogens is 508 g/mol. The smallest absolute Gasteiger partial charge is 0.313 e. The number of Topliss-reactive ketones (excluding diaryl/α,β-unsaturated/α-hetero) is 1. The van der Waals surface area contributed by atoms with Crippen LogP contribution in [-0.4, -0.2) is 16.9 Å². The van der Waals surface area contributed by atoms with Crippen molar-refractivity contribution in [1.82, 2.24) is 0 Å². The number of allylic oxidation sites excluding steroid dienone is 4. The van der Waals surface area contributed by atoms with Crippen LogP contribution < -0.4 is 0 Å². The second-order valence-corrected chi connectivity index (χ2v) is 16.4.